The molecule has 3 rings (SSSR count). The Morgan fingerprint density at radius 1 is 1.31 bits per heavy atom. The molecule has 1 amide bonds. The molecule has 1 saturated carbocycles. The van der Waals surface area contributed by atoms with Crippen LogP contribution in [0.1, 0.15) is 62.0 Å². The van der Waals surface area contributed by atoms with Crippen molar-refractivity contribution < 1.29 is 4.79 Å². The summed E-state index contributed by atoms with van der Waals surface area (Å²) in [6, 6.07) is 1.67. The summed E-state index contributed by atoms with van der Waals surface area (Å²) in [5.41, 5.74) is 5.98. The number of hydrogen-bond acceptors (Lipinski definition) is 5. The van der Waals surface area contributed by atoms with Gasteiger partial charge in [-0.25, -0.2) is 9.78 Å². The number of hydrogen-bond donors (Lipinski definition) is 3. The first-order valence-corrected chi connectivity index (χ1v) is 9.49. The lowest BCUT2D eigenvalue weighted by Gasteiger charge is -2.15. The van der Waals surface area contributed by atoms with E-state index in [0.717, 1.165) is 18.5 Å². The normalized spacial score (nSPS) is 14.2. The Morgan fingerprint density at radius 3 is 2.52 bits per heavy atom. The van der Waals surface area contributed by atoms with Gasteiger partial charge in [-0.1, -0.05) is 13.8 Å². The lowest BCUT2D eigenvalue weighted by molar-refractivity contribution is 0.0954. The molecule has 2 aromatic heterocycles. The van der Waals surface area contributed by atoms with E-state index in [1.54, 1.807) is 6.07 Å². The second kappa shape index (κ2) is 10.2. The van der Waals surface area contributed by atoms with Crippen molar-refractivity contribution in [2.24, 2.45) is 11.7 Å². The van der Waals surface area contributed by atoms with Crippen LogP contribution in [-0.2, 0) is 6.54 Å². The number of aromatic nitrogens is 3. The smallest absolute Gasteiger partial charge is 0.330 e. The van der Waals surface area contributed by atoms with Crippen LogP contribution in [-0.4, -0.2) is 33.0 Å². The number of carbonyl (C=O) groups is 1. The Bertz CT molecular complexity index is 980. The summed E-state index contributed by atoms with van der Waals surface area (Å²) in [7, 11) is 0. The molecule has 0 bridgehead atoms. The number of nitrogens with one attached hydrogen (secondary N) is 2. The molecule has 2 aromatic rings. The van der Waals surface area contributed by atoms with Gasteiger partial charge in [-0.2, -0.15) is 0 Å². The van der Waals surface area contributed by atoms with E-state index in [4.69, 9.17) is 5.73 Å². The number of amides is 1. The van der Waals surface area contributed by atoms with Crippen LogP contribution in [0.25, 0.3) is 11.0 Å². The van der Waals surface area contributed by atoms with Gasteiger partial charge in [-0.05, 0) is 38.2 Å². The lowest BCUT2D eigenvalue weighted by Crippen LogP contribution is -2.35. The van der Waals surface area contributed by atoms with Gasteiger partial charge < -0.3 is 11.1 Å². The van der Waals surface area contributed by atoms with Crippen LogP contribution in [0.5, 0.6) is 0 Å². The number of halogens is 2. The van der Waals surface area contributed by atoms with Gasteiger partial charge in [0, 0.05) is 30.7 Å². The predicted octanol–water partition coefficient (Wildman–Crippen LogP) is 1.93. The predicted molar refractivity (Wildman–Crippen MR) is 119 cm³/mol. The molecule has 0 spiro atoms. The average Bonchev–Trinajstić information content (AvgIpc) is 3.41. The summed E-state index contributed by atoms with van der Waals surface area (Å²) in [5, 5.41) is 2.99. The summed E-state index contributed by atoms with van der Waals surface area (Å²) in [6.07, 6.45) is 2.64. The Labute approximate surface area is 181 Å². The molecule has 162 valence electrons. The van der Waals surface area contributed by atoms with E-state index in [2.05, 4.69) is 15.3 Å². The highest BCUT2D eigenvalue weighted by Gasteiger charge is 2.28. The quantitative estimate of drug-likeness (QED) is 0.600. The molecule has 1 atom stereocenters. The zero-order valence-corrected chi connectivity index (χ0v) is 18.5. The van der Waals surface area contributed by atoms with Crippen LogP contribution in [0, 0.1) is 5.92 Å². The number of nitrogens with two attached hydrogens (primary N) is 1. The third kappa shape index (κ3) is 5.81. The van der Waals surface area contributed by atoms with Crippen LogP contribution in [0.15, 0.2) is 15.7 Å². The fourth-order valence-electron chi connectivity index (χ4n) is 3.10. The van der Waals surface area contributed by atoms with Gasteiger partial charge in [-0.15, -0.1) is 24.8 Å². The molecular formula is C19H29Cl2N5O3. The van der Waals surface area contributed by atoms with Crippen molar-refractivity contribution in [2.45, 2.75) is 58.5 Å². The third-order valence-corrected chi connectivity index (χ3v) is 4.64. The monoisotopic (exact) mass is 445 g/mol. The molecule has 29 heavy (non-hydrogen) atoms. The fourth-order valence-corrected chi connectivity index (χ4v) is 3.10. The van der Waals surface area contributed by atoms with Gasteiger partial charge in [0.15, 0.2) is 5.65 Å². The largest absolute Gasteiger partial charge is 0.352 e. The van der Waals surface area contributed by atoms with E-state index in [-0.39, 0.29) is 59.5 Å². The number of fused-ring (bicyclic) bond motifs is 1. The highest BCUT2D eigenvalue weighted by molar-refractivity contribution is 6.05. The first kappa shape index (κ1) is 25.1. The molecule has 8 nitrogen and oxygen atoms in total. The molecule has 10 heteroatoms. The Kier molecular flexibility index (Phi) is 8.86. The van der Waals surface area contributed by atoms with E-state index >= 15 is 0 Å². The van der Waals surface area contributed by atoms with Gasteiger partial charge >= 0.3 is 5.69 Å². The zero-order chi connectivity index (χ0) is 19.7. The van der Waals surface area contributed by atoms with Crippen molar-refractivity contribution in [1.29, 1.82) is 0 Å². The minimum absolute atomic E-state index is 0. The molecule has 1 aliphatic rings. The molecule has 0 aliphatic heterocycles. The minimum Gasteiger partial charge on any atom is -0.352 e. The van der Waals surface area contributed by atoms with Gasteiger partial charge in [0.1, 0.15) is 0 Å². The van der Waals surface area contributed by atoms with Crippen LogP contribution in [0.4, 0.5) is 0 Å². The van der Waals surface area contributed by atoms with Crippen molar-refractivity contribution >= 4 is 41.8 Å². The van der Waals surface area contributed by atoms with E-state index in [1.807, 2.05) is 20.8 Å². The highest BCUT2D eigenvalue weighted by atomic mass is 35.5. The second-order valence-electron chi connectivity index (χ2n) is 7.85. The molecule has 0 radical (unpaired) electrons. The minimum atomic E-state index is -0.581. The van der Waals surface area contributed by atoms with Gasteiger partial charge in [0.2, 0.25) is 0 Å². The Morgan fingerprint density at radius 2 is 1.97 bits per heavy atom. The highest BCUT2D eigenvalue weighted by Crippen LogP contribution is 2.39. The topological polar surface area (TPSA) is 123 Å². The van der Waals surface area contributed by atoms with Gasteiger partial charge in [-0.3, -0.25) is 19.1 Å². The van der Waals surface area contributed by atoms with E-state index < -0.39 is 11.2 Å². The number of aromatic amines is 1. The molecular weight excluding hydrogens is 417 g/mol. The first-order chi connectivity index (χ1) is 12.8. The Hall–Kier alpha value is -1.90. The first-order valence-electron chi connectivity index (χ1n) is 9.49. The van der Waals surface area contributed by atoms with Gasteiger partial charge in [0.05, 0.1) is 10.9 Å². The fraction of sp³-hybridized carbons (Fsp3) is 0.579. The van der Waals surface area contributed by atoms with Crippen LogP contribution >= 0.6 is 24.8 Å². The number of H-pyrrole nitrogens is 1. The number of carbonyl (C=O) groups excluding carboxylic acids is 1. The summed E-state index contributed by atoms with van der Waals surface area (Å²) in [5.74, 6) is 0.128. The van der Waals surface area contributed by atoms with E-state index in [0.29, 0.717) is 25.2 Å². The average molecular weight is 446 g/mol. The number of rotatable bonds is 7. The lowest BCUT2D eigenvalue weighted by atomic mass is 10.1. The molecule has 4 N–H and O–H groups in total. The molecule has 1 aliphatic carbocycles. The maximum absolute atomic E-state index is 12.8. The van der Waals surface area contributed by atoms with Crippen LogP contribution in [0.3, 0.4) is 0 Å². The summed E-state index contributed by atoms with van der Waals surface area (Å²) in [6.45, 7) is 6.67. The maximum Gasteiger partial charge on any atom is 0.330 e. The zero-order valence-electron chi connectivity index (χ0n) is 16.9. The van der Waals surface area contributed by atoms with Crippen molar-refractivity contribution in [1.82, 2.24) is 19.9 Å². The van der Waals surface area contributed by atoms with Crippen molar-refractivity contribution in [3.63, 3.8) is 0 Å². The summed E-state index contributed by atoms with van der Waals surface area (Å²) >= 11 is 0. The second-order valence-corrected chi connectivity index (χ2v) is 7.85. The van der Waals surface area contributed by atoms with Gasteiger partial charge in [0.25, 0.3) is 11.5 Å². The molecule has 0 aromatic carbocycles. The summed E-state index contributed by atoms with van der Waals surface area (Å²) < 4.78 is 1.46. The molecule has 0 saturated heterocycles. The van der Waals surface area contributed by atoms with Crippen molar-refractivity contribution in [3.05, 3.63) is 38.2 Å². The maximum atomic E-state index is 12.8. The molecule has 1 fully saturated rings. The van der Waals surface area contributed by atoms with Crippen LogP contribution < -0.4 is 22.3 Å². The molecule has 2 heterocycles. The number of nitrogens with zero attached hydrogens (tertiary/aromatic N) is 2. The summed E-state index contributed by atoms with van der Waals surface area (Å²) in [4.78, 5) is 44.6. The van der Waals surface area contributed by atoms with E-state index in [1.165, 1.54) is 4.57 Å². The SMILES string of the molecule is CC(C)Cn1c(=O)[nH]c(=O)c2c(C(=O)NCCC(C)N)cc(C3CC3)nc21.Cl.Cl. The van der Waals surface area contributed by atoms with E-state index in [9.17, 15) is 14.4 Å². The number of pyridine rings is 1. The van der Waals surface area contributed by atoms with Crippen LogP contribution in [0.2, 0.25) is 0 Å². The Balaban J connectivity index is 0.00000210. The molecule has 1 unspecified atom stereocenters. The van der Waals surface area contributed by atoms with Crippen molar-refractivity contribution in [2.75, 3.05) is 6.54 Å². The van der Waals surface area contributed by atoms with Crippen molar-refractivity contribution in [3.8, 4) is 0 Å². The third-order valence-electron chi connectivity index (χ3n) is 4.64. The standard InChI is InChI=1S/C19H27N5O3.2ClH/c1-10(2)9-24-16-15(18(26)23-19(24)27)13(8-14(22-16)12-4-5-12)17(25)21-7-6-11(3)20;;/h8,10-12H,4-7,9,20H2,1-3H3,(H,21,25)(H,23,26,27);2*1H.